The Morgan fingerprint density at radius 1 is 0.967 bits per heavy atom. The highest BCUT2D eigenvalue weighted by atomic mass is 16.3. The zero-order valence-electron chi connectivity index (χ0n) is 17.7. The molecular weight excluding hydrogens is 372 g/mol. The molecule has 0 bridgehead atoms. The fraction of sp³-hybridized carbons (Fsp3) is 0.346. The van der Waals surface area contributed by atoms with E-state index in [-0.39, 0.29) is 11.9 Å². The molecule has 1 saturated heterocycles. The minimum atomic E-state index is -0.0108. The molecule has 0 spiro atoms. The van der Waals surface area contributed by atoms with Gasteiger partial charge in [-0.2, -0.15) is 0 Å². The van der Waals surface area contributed by atoms with Crippen LogP contribution in [-0.4, -0.2) is 41.4 Å². The van der Waals surface area contributed by atoms with Crippen molar-refractivity contribution >= 4 is 5.91 Å². The number of rotatable bonds is 7. The SMILES string of the molecule is Cc1ccc(CN(C(=O)c2ccco2)C2CCN(CCc3ccccc3)CC2)cc1. The first kappa shape index (κ1) is 20.4. The van der Waals surface area contributed by atoms with Crippen LogP contribution in [0.2, 0.25) is 0 Å². The van der Waals surface area contributed by atoms with E-state index in [0.29, 0.717) is 12.3 Å². The average molecular weight is 403 g/mol. The van der Waals surface area contributed by atoms with E-state index >= 15 is 0 Å². The summed E-state index contributed by atoms with van der Waals surface area (Å²) in [5.41, 5.74) is 3.77. The molecule has 0 saturated carbocycles. The predicted octanol–water partition coefficient (Wildman–Crippen LogP) is 4.94. The van der Waals surface area contributed by atoms with Gasteiger partial charge < -0.3 is 14.2 Å². The van der Waals surface area contributed by atoms with Crippen LogP contribution in [-0.2, 0) is 13.0 Å². The first-order chi connectivity index (χ1) is 14.7. The summed E-state index contributed by atoms with van der Waals surface area (Å²) in [6, 6.07) is 22.9. The van der Waals surface area contributed by atoms with Gasteiger partial charge in [0, 0.05) is 32.2 Å². The standard InChI is InChI=1S/C26H30N2O2/c1-21-9-11-23(12-10-21)20-28(26(29)25-8-5-19-30-25)24-14-17-27(18-15-24)16-13-22-6-3-2-4-7-22/h2-12,19,24H,13-18,20H2,1H3. The second kappa shape index (κ2) is 9.77. The van der Waals surface area contributed by atoms with E-state index < -0.39 is 0 Å². The molecule has 0 radical (unpaired) electrons. The highest BCUT2D eigenvalue weighted by Crippen LogP contribution is 2.22. The van der Waals surface area contributed by atoms with Gasteiger partial charge in [-0.25, -0.2) is 0 Å². The largest absolute Gasteiger partial charge is 0.459 e. The van der Waals surface area contributed by atoms with Crippen molar-refractivity contribution in [3.05, 3.63) is 95.4 Å². The van der Waals surface area contributed by atoms with E-state index in [1.54, 1.807) is 18.4 Å². The quantitative estimate of drug-likeness (QED) is 0.562. The third-order valence-electron chi connectivity index (χ3n) is 6.02. The van der Waals surface area contributed by atoms with Gasteiger partial charge in [-0.1, -0.05) is 60.2 Å². The number of likely N-dealkylation sites (tertiary alicyclic amines) is 1. The second-order valence-corrected chi connectivity index (χ2v) is 8.20. The normalized spacial score (nSPS) is 15.2. The third-order valence-corrected chi connectivity index (χ3v) is 6.02. The zero-order valence-corrected chi connectivity index (χ0v) is 17.7. The van der Waals surface area contributed by atoms with Crippen LogP contribution in [0, 0.1) is 6.92 Å². The number of carbonyl (C=O) groups is 1. The van der Waals surface area contributed by atoms with Crippen molar-refractivity contribution < 1.29 is 9.21 Å². The molecule has 4 heteroatoms. The molecule has 4 rings (SSSR count). The van der Waals surface area contributed by atoms with Crippen LogP contribution in [0.25, 0.3) is 0 Å². The molecule has 1 aliphatic heterocycles. The van der Waals surface area contributed by atoms with Gasteiger partial charge in [-0.3, -0.25) is 4.79 Å². The van der Waals surface area contributed by atoms with Crippen LogP contribution >= 0.6 is 0 Å². The van der Waals surface area contributed by atoms with Gasteiger partial charge in [-0.15, -0.1) is 0 Å². The molecule has 156 valence electrons. The first-order valence-corrected chi connectivity index (χ1v) is 10.9. The Bertz CT molecular complexity index is 911. The summed E-state index contributed by atoms with van der Waals surface area (Å²) >= 11 is 0. The summed E-state index contributed by atoms with van der Waals surface area (Å²) in [7, 11) is 0. The van der Waals surface area contributed by atoms with Crippen LogP contribution in [0.3, 0.4) is 0 Å². The lowest BCUT2D eigenvalue weighted by Gasteiger charge is -2.38. The molecule has 0 unspecified atom stereocenters. The number of piperidine rings is 1. The Labute approximate surface area is 179 Å². The van der Waals surface area contributed by atoms with Crippen LogP contribution < -0.4 is 0 Å². The molecule has 2 aromatic carbocycles. The topological polar surface area (TPSA) is 36.7 Å². The summed E-state index contributed by atoms with van der Waals surface area (Å²) in [5, 5.41) is 0. The lowest BCUT2D eigenvalue weighted by molar-refractivity contribution is 0.0520. The van der Waals surface area contributed by atoms with Crippen molar-refractivity contribution in [2.24, 2.45) is 0 Å². The molecule has 1 aromatic heterocycles. The van der Waals surface area contributed by atoms with E-state index in [2.05, 4.69) is 66.4 Å². The smallest absolute Gasteiger partial charge is 0.290 e. The molecule has 0 aliphatic carbocycles. The molecule has 1 amide bonds. The van der Waals surface area contributed by atoms with Gasteiger partial charge in [0.25, 0.3) is 5.91 Å². The number of nitrogens with zero attached hydrogens (tertiary/aromatic N) is 2. The highest BCUT2D eigenvalue weighted by Gasteiger charge is 2.29. The number of hydrogen-bond acceptors (Lipinski definition) is 3. The number of carbonyl (C=O) groups excluding carboxylic acids is 1. The highest BCUT2D eigenvalue weighted by molar-refractivity contribution is 5.91. The minimum absolute atomic E-state index is 0.0108. The van der Waals surface area contributed by atoms with Crippen molar-refractivity contribution in [2.45, 2.75) is 38.8 Å². The van der Waals surface area contributed by atoms with Crippen molar-refractivity contribution in [1.29, 1.82) is 0 Å². The van der Waals surface area contributed by atoms with Gasteiger partial charge in [0.15, 0.2) is 5.76 Å². The first-order valence-electron chi connectivity index (χ1n) is 10.9. The third kappa shape index (κ3) is 5.19. The monoisotopic (exact) mass is 402 g/mol. The van der Waals surface area contributed by atoms with Gasteiger partial charge in [0.1, 0.15) is 0 Å². The summed E-state index contributed by atoms with van der Waals surface area (Å²) in [5.74, 6) is 0.414. The summed E-state index contributed by atoms with van der Waals surface area (Å²) in [6.45, 7) is 5.82. The summed E-state index contributed by atoms with van der Waals surface area (Å²) < 4.78 is 5.43. The van der Waals surface area contributed by atoms with Gasteiger partial charge >= 0.3 is 0 Å². The fourth-order valence-corrected chi connectivity index (χ4v) is 4.19. The lowest BCUT2D eigenvalue weighted by Crippen LogP contribution is -2.47. The molecule has 3 aromatic rings. The Balaban J connectivity index is 1.39. The van der Waals surface area contributed by atoms with Gasteiger partial charge in [-0.05, 0) is 49.4 Å². The number of benzene rings is 2. The molecular formula is C26H30N2O2. The second-order valence-electron chi connectivity index (χ2n) is 8.20. The number of amides is 1. The molecule has 30 heavy (non-hydrogen) atoms. The van der Waals surface area contributed by atoms with E-state index in [0.717, 1.165) is 44.5 Å². The number of furan rings is 1. The van der Waals surface area contributed by atoms with Gasteiger partial charge in [0.05, 0.1) is 6.26 Å². The average Bonchev–Trinajstić information content (AvgIpc) is 3.33. The maximum atomic E-state index is 13.2. The molecule has 0 atom stereocenters. The van der Waals surface area contributed by atoms with Crippen LogP contribution in [0.5, 0.6) is 0 Å². The Morgan fingerprint density at radius 2 is 1.70 bits per heavy atom. The van der Waals surface area contributed by atoms with E-state index in [1.807, 2.05) is 4.90 Å². The zero-order chi connectivity index (χ0) is 20.8. The maximum Gasteiger partial charge on any atom is 0.290 e. The molecule has 1 aliphatic rings. The molecule has 1 fully saturated rings. The van der Waals surface area contributed by atoms with Crippen LogP contribution in [0.4, 0.5) is 0 Å². The van der Waals surface area contributed by atoms with Crippen molar-refractivity contribution in [3.63, 3.8) is 0 Å². The van der Waals surface area contributed by atoms with E-state index in [9.17, 15) is 4.79 Å². The number of hydrogen-bond donors (Lipinski definition) is 0. The minimum Gasteiger partial charge on any atom is -0.459 e. The predicted molar refractivity (Wildman–Crippen MR) is 119 cm³/mol. The van der Waals surface area contributed by atoms with E-state index in [4.69, 9.17) is 4.42 Å². The Morgan fingerprint density at radius 3 is 2.37 bits per heavy atom. The molecule has 2 heterocycles. The lowest BCUT2D eigenvalue weighted by atomic mass is 10.0. The van der Waals surface area contributed by atoms with Crippen molar-refractivity contribution in [3.8, 4) is 0 Å². The van der Waals surface area contributed by atoms with E-state index in [1.165, 1.54) is 11.1 Å². The fourth-order valence-electron chi connectivity index (χ4n) is 4.19. The Kier molecular flexibility index (Phi) is 6.65. The maximum absolute atomic E-state index is 13.2. The van der Waals surface area contributed by atoms with Crippen LogP contribution in [0.1, 0.15) is 40.1 Å². The van der Waals surface area contributed by atoms with Crippen molar-refractivity contribution in [1.82, 2.24) is 9.80 Å². The van der Waals surface area contributed by atoms with Crippen LogP contribution in [0.15, 0.2) is 77.4 Å². The Hall–Kier alpha value is -2.85. The summed E-state index contributed by atoms with van der Waals surface area (Å²) in [4.78, 5) is 17.7. The molecule has 0 N–H and O–H groups in total. The summed E-state index contributed by atoms with van der Waals surface area (Å²) in [6.07, 6.45) is 4.63. The van der Waals surface area contributed by atoms with Crippen molar-refractivity contribution in [2.75, 3.05) is 19.6 Å². The number of aryl methyl sites for hydroxylation is 1. The molecule has 4 nitrogen and oxygen atoms in total. The van der Waals surface area contributed by atoms with Gasteiger partial charge in [0.2, 0.25) is 0 Å².